The fourth-order valence-corrected chi connectivity index (χ4v) is 2.01. The van der Waals surface area contributed by atoms with E-state index >= 15 is 0 Å². The molecule has 0 atom stereocenters. The summed E-state index contributed by atoms with van der Waals surface area (Å²) < 4.78 is 5.59. The van der Waals surface area contributed by atoms with Crippen LogP contribution in [0.15, 0.2) is 28.4 Å². The molecule has 0 fully saturated rings. The molecule has 0 amide bonds. The minimum atomic E-state index is -0.419. The molecule has 1 heterocycles. The van der Waals surface area contributed by atoms with E-state index in [-0.39, 0.29) is 12.2 Å². The summed E-state index contributed by atoms with van der Waals surface area (Å²) in [6.07, 6.45) is 1.26. The van der Waals surface area contributed by atoms with Gasteiger partial charge in [0.05, 0.1) is 11.3 Å². The standard InChI is InChI=1S/C12H6BrN3O2/c13-9-2-1-8-6-18-12(17)10(8)11(9)16-5-7(3-14)4-15/h1-2,5,16H,6H2. The minimum Gasteiger partial charge on any atom is -0.457 e. The van der Waals surface area contributed by atoms with Crippen LogP contribution >= 0.6 is 15.9 Å². The van der Waals surface area contributed by atoms with Gasteiger partial charge in [-0.25, -0.2) is 4.79 Å². The maximum Gasteiger partial charge on any atom is 0.341 e. The van der Waals surface area contributed by atoms with Crippen LogP contribution in [0.5, 0.6) is 0 Å². The van der Waals surface area contributed by atoms with E-state index in [0.717, 1.165) is 5.56 Å². The highest BCUT2D eigenvalue weighted by Crippen LogP contribution is 2.33. The van der Waals surface area contributed by atoms with Crippen molar-refractivity contribution in [3.05, 3.63) is 39.5 Å². The second kappa shape index (κ2) is 4.91. The average Bonchev–Trinajstić information content (AvgIpc) is 2.75. The van der Waals surface area contributed by atoms with Crippen molar-refractivity contribution in [1.29, 1.82) is 10.5 Å². The van der Waals surface area contributed by atoms with E-state index in [0.29, 0.717) is 15.7 Å². The molecule has 88 valence electrons. The van der Waals surface area contributed by atoms with Crippen LogP contribution in [0.4, 0.5) is 5.69 Å². The van der Waals surface area contributed by atoms with Gasteiger partial charge in [-0.2, -0.15) is 10.5 Å². The van der Waals surface area contributed by atoms with Crippen LogP contribution in [-0.4, -0.2) is 5.97 Å². The number of halogens is 1. The molecule has 2 rings (SSSR count). The number of anilines is 1. The number of carbonyl (C=O) groups excluding carboxylic acids is 1. The second-order valence-corrected chi connectivity index (χ2v) is 4.31. The Hall–Kier alpha value is -2.31. The van der Waals surface area contributed by atoms with Crippen LogP contribution in [0.25, 0.3) is 0 Å². The van der Waals surface area contributed by atoms with E-state index in [2.05, 4.69) is 21.2 Å². The smallest absolute Gasteiger partial charge is 0.341 e. The first kappa shape index (κ1) is 12.2. The number of hydrogen-bond acceptors (Lipinski definition) is 5. The maximum absolute atomic E-state index is 11.6. The largest absolute Gasteiger partial charge is 0.457 e. The van der Waals surface area contributed by atoms with Gasteiger partial charge in [-0.05, 0) is 22.0 Å². The number of benzene rings is 1. The summed E-state index contributed by atoms with van der Waals surface area (Å²) >= 11 is 3.31. The van der Waals surface area contributed by atoms with Gasteiger partial charge in [-0.3, -0.25) is 0 Å². The van der Waals surface area contributed by atoms with Crippen molar-refractivity contribution >= 4 is 27.6 Å². The Balaban J connectivity index is 2.44. The van der Waals surface area contributed by atoms with Gasteiger partial charge in [0.15, 0.2) is 0 Å². The van der Waals surface area contributed by atoms with E-state index in [1.54, 1.807) is 24.3 Å². The molecule has 0 aromatic heterocycles. The Kier molecular flexibility index (Phi) is 3.31. The van der Waals surface area contributed by atoms with Crippen molar-refractivity contribution in [2.45, 2.75) is 6.61 Å². The number of allylic oxidation sites excluding steroid dienone is 1. The molecule has 1 aromatic carbocycles. The van der Waals surface area contributed by atoms with Gasteiger partial charge in [0.25, 0.3) is 0 Å². The molecule has 0 saturated heterocycles. The van der Waals surface area contributed by atoms with Crippen LogP contribution in [0.3, 0.4) is 0 Å². The number of hydrogen-bond donors (Lipinski definition) is 1. The van der Waals surface area contributed by atoms with E-state index in [9.17, 15) is 4.79 Å². The monoisotopic (exact) mass is 303 g/mol. The Bertz CT molecular complexity index is 622. The second-order valence-electron chi connectivity index (χ2n) is 3.46. The highest BCUT2D eigenvalue weighted by Gasteiger charge is 2.26. The summed E-state index contributed by atoms with van der Waals surface area (Å²) in [6, 6.07) is 7.01. The summed E-state index contributed by atoms with van der Waals surface area (Å²) in [5.41, 5.74) is 1.62. The SMILES string of the molecule is N#CC(C#N)=CNc1c(Br)ccc2c1C(=O)OC2. The van der Waals surface area contributed by atoms with Gasteiger partial charge in [0, 0.05) is 16.2 Å². The predicted molar refractivity (Wildman–Crippen MR) is 66.2 cm³/mol. The Labute approximate surface area is 111 Å². The fraction of sp³-hybridized carbons (Fsp3) is 0.0833. The molecule has 0 unspecified atom stereocenters. The van der Waals surface area contributed by atoms with Crippen LogP contribution in [0, 0.1) is 22.7 Å². The molecule has 1 aliphatic heterocycles. The summed E-state index contributed by atoms with van der Waals surface area (Å²) in [7, 11) is 0. The van der Waals surface area contributed by atoms with Crippen LogP contribution in [0.1, 0.15) is 15.9 Å². The molecule has 0 radical (unpaired) electrons. The molecular formula is C12H6BrN3O2. The fourth-order valence-electron chi connectivity index (χ4n) is 1.56. The number of nitriles is 2. The first-order valence-electron chi connectivity index (χ1n) is 4.92. The molecule has 5 nitrogen and oxygen atoms in total. The molecule has 0 bridgehead atoms. The topological polar surface area (TPSA) is 85.9 Å². The minimum absolute atomic E-state index is 0.0779. The third-order valence-corrected chi connectivity index (χ3v) is 3.07. The van der Waals surface area contributed by atoms with E-state index in [4.69, 9.17) is 15.3 Å². The predicted octanol–water partition coefficient (Wildman–Crippen LogP) is 2.46. The highest BCUT2D eigenvalue weighted by molar-refractivity contribution is 9.10. The zero-order valence-corrected chi connectivity index (χ0v) is 10.6. The number of ether oxygens (including phenoxy) is 1. The van der Waals surface area contributed by atoms with Crippen molar-refractivity contribution in [3.8, 4) is 12.1 Å². The van der Waals surface area contributed by atoms with Crippen LogP contribution in [0.2, 0.25) is 0 Å². The first-order valence-corrected chi connectivity index (χ1v) is 5.72. The highest BCUT2D eigenvalue weighted by atomic mass is 79.9. The quantitative estimate of drug-likeness (QED) is 0.670. The average molecular weight is 304 g/mol. The molecular weight excluding hydrogens is 298 g/mol. The lowest BCUT2D eigenvalue weighted by atomic mass is 10.1. The first-order chi connectivity index (χ1) is 8.67. The zero-order chi connectivity index (χ0) is 13.1. The molecule has 1 N–H and O–H groups in total. The molecule has 0 spiro atoms. The Morgan fingerprint density at radius 3 is 2.83 bits per heavy atom. The molecule has 1 aliphatic rings. The maximum atomic E-state index is 11.6. The molecule has 1 aromatic rings. The normalized spacial score (nSPS) is 11.8. The number of nitrogens with zero attached hydrogens (tertiary/aromatic N) is 2. The number of carbonyl (C=O) groups is 1. The van der Waals surface area contributed by atoms with E-state index in [1.807, 2.05) is 0 Å². The van der Waals surface area contributed by atoms with E-state index < -0.39 is 5.97 Å². The van der Waals surface area contributed by atoms with Crippen molar-refractivity contribution in [2.24, 2.45) is 0 Å². The summed E-state index contributed by atoms with van der Waals surface area (Å²) in [5, 5.41) is 20.1. The summed E-state index contributed by atoms with van der Waals surface area (Å²) in [4.78, 5) is 11.6. The van der Waals surface area contributed by atoms with Gasteiger partial charge >= 0.3 is 5.97 Å². The number of fused-ring (bicyclic) bond motifs is 1. The van der Waals surface area contributed by atoms with Crippen molar-refractivity contribution in [2.75, 3.05) is 5.32 Å². The van der Waals surface area contributed by atoms with Gasteiger partial charge < -0.3 is 10.1 Å². The summed E-state index contributed by atoms with van der Waals surface area (Å²) in [5.74, 6) is -0.419. The van der Waals surface area contributed by atoms with Gasteiger partial charge in [0.2, 0.25) is 0 Å². The molecule has 18 heavy (non-hydrogen) atoms. The number of esters is 1. The lowest BCUT2D eigenvalue weighted by molar-refractivity contribution is 0.0536. The van der Waals surface area contributed by atoms with Crippen molar-refractivity contribution in [3.63, 3.8) is 0 Å². The van der Waals surface area contributed by atoms with Crippen LogP contribution in [-0.2, 0) is 11.3 Å². The van der Waals surface area contributed by atoms with Gasteiger partial charge in [0.1, 0.15) is 24.3 Å². The lowest BCUT2D eigenvalue weighted by Crippen LogP contribution is -2.02. The van der Waals surface area contributed by atoms with Gasteiger partial charge in [-0.15, -0.1) is 0 Å². The molecule has 0 aliphatic carbocycles. The van der Waals surface area contributed by atoms with Crippen molar-refractivity contribution < 1.29 is 9.53 Å². The van der Waals surface area contributed by atoms with Crippen molar-refractivity contribution in [1.82, 2.24) is 0 Å². The van der Waals surface area contributed by atoms with Crippen LogP contribution < -0.4 is 5.32 Å². The van der Waals surface area contributed by atoms with Gasteiger partial charge in [-0.1, -0.05) is 6.07 Å². The third kappa shape index (κ3) is 2.06. The number of rotatable bonds is 2. The summed E-state index contributed by atoms with van der Waals surface area (Å²) in [6.45, 7) is 0.239. The Morgan fingerprint density at radius 2 is 2.17 bits per heavy atom. The lowest BCUT2D eigenvalue weighted by Gasteiger charge is -2.07. The third-order valence-electron chi connectivity index (χ3n) is 2.41. The molecule has 6 heteroatoms. The number of nitrogens with one attached hydrogen (secondary N) is 1. The van der Waals surface area contributed by atoms with E-state index in [1.165, 1.54) is 6.20 Å². The zero-order valence-electron chi connectivity index (χ0n) is 9.03. The number of cyclic esters (lactones) is 1. The Morgan fingerprint density at radius 1 is 1.44 bits per heavy atom. The molecule has 0 saturated carbocycles.